The molecule has 0 spiro atoms. The van der Waals surface area contributed by atoms with E-state index in [0.29, 0.717) is 22.1 Å². The maximum atomic E-state index is 11.5. The van der Waals surface area contributed by atoms with Gasteiger partial charge in [-0.05, 0) is 30.3 Å². The van der Waals surface area contributed by atoms with E-state index < -0.39 is 5.97 Å². The molecule has 2 aromatic rings. The number of aromatic nitrogens is 1. The summed E-state index contributed by atoms with van der Waals surface area (Å²) in [5.74, 6) is -0.414. The molecule has 17 heavy (non-hydrogen) atoms. The fourth-order valence-corrected chi connectivity index (χ4v) is 1.86. The van der Waals surface area contributed by atoms with Crippen molar-refractivity contribution in [1.29, 1.82) is 0 Å². The van der Waals surface area contributed by atoms with Gasteiger partial charge in [0.15, 0.2) is 0 Å². The molecule has 0 aliphatic heterocycles. The minimum Gasteiger partial charge on any atom is -0.464 e. The summed E-state index contributed by atoms with van der Waals surface area (Å²) in [4.78, 5) is 11.5. The van der Waals surface area contributed by atoms with Crippen LogP contribution in [0.1, 0.15) is 10.5 Å². The first-order valence-corrected chi connectivity index (χ1v) is 5.32. The Bertz CT molecular complexity index is 563. The fourth-order valence-electron chi connectivity index (χ4n) is 1.58. The first-order chi connectivity index (χ1) is 8.13. The number of carbonyl (C=O) groups is 1. The second-order valence-corrected chi connectivity index (χ2v) is 3.87. The lowest BCUT2D eigenvalue weighted by Crippen LogP contribution is -2.08. The predicted molar refractivity (Wildman–Crippen MR) is 66.5 cm³/mol. The number of rotatable bonds is 2. The summed E-state index contributed by atoms with van der Waals surface area (Å²) in [6.45, 7) is 0. The normalized spacial score (nSPS) is 10.2. The SMILES string of the molecule is COC(=O)c1cccn1-c1ccc(N)cc1Cl. The Labute approximate surface area is 104 Å². The number of hydrogen-bond acceptors (Lipinski definition) is 3. The van der Waals surface area contributed by atoms with Gasteiger partial charge in [-0.25, -0.2) is 4.79 Å². The zero-order valence-electron chi connectivity index (χ0n) is 9.18. The molecule has 0 atom stereocenters. The number of anilines is 1. The zero-order valence-corrected chi connectivity index (χ0v) is 9.94. The number of ether oxygens (including phenoxy) is 1. The fraction of sp³-hybridized carbons (Fsp3) is 0.0833. The van der Waals surface area contributed by atoms with Gasteiger partial charge in [0.05, 0.1) is 17.8 Å². The lowest BCUT2D eigenvalue weighted by molar-refractivity contribution is 0.0591. The van der Waals surface area contributed by atoms with Crippen LogP contribution in [-0.2, 0) is 4.74 Å². The van der Waals surface area contributed by atoms with E-state index in [1.165, 1.54) is 7.11 Å². The van der Waals surface area contributed by atoms with Gasteiger partial charge in [-0.1, -0.05) is 11.6 Å². The minimum absolute atomic E-state index is 0.414. The van der Waals surface area contributed by atoms with Crippen LogP contribution in [0.15, 0.2) is 36.5 Å². The van der Waals surface area contributed by atoms with Crippen LogP contribution in [0.2, 0.25) is 5.02 Å². The summed E-state index contributed by atoms with van der Waals surface area (Å²) in [5, 5.41) is 0.478. The minimum atomic E-state index is -0.414. The Balaban J connectivity index is 2.53. The van der Waals surface area contributed by atoms with E-state index in [0.717, 1.165) is 0 Å². The monoisotopic (exact) mass is 250 g/mol. The third-order valence-electron chi connectivity index (χ3n) is 2.37. The highest BCUT2D eigenvalue weighted by Crippen LogP contribution is 2.24. The van der Waals surface area contributed by atoms with Crippen molar-refractivity contribution in [3.8, 4) is 5.69 Å². The van der Waals surface area contributed by atoms with Gasteiger partial charge in [-0.2, -0.15) is 0 Å². The van der Waals surface area contributed by atoms with Gasteiger partial charge >= 0.3 is 5.97 Å². The average Bonchev–Trinajstić information content (AvgIpc) is 2.77. The quantitative estimate of drug-likeness (QED) is 0.658. The number of carbonyl (C=O) groups excluding carboxylic acids is 1. The van der Waals surface area contributed by atoms with Crippen LogP contribution in [0, 0.1) is 0 Å². The number of nitrogens with zero attached hydrogens (tertiary/aromatic N) is 1. The van der Waals surface area contributed by atoms with Crippen LogP contribution >= 0.6 is 11.6 Å². The molecule has 1 aromatic carbocycles. The number of esters is 1. The number of halogens is 1. The molecule has 0 saturated carbocycles. The lowest BCUT2D eigenvalue weighted by Gasteiger charge is -2.10. The third-order valence-corrected chi connectivity index (χ3v) is 2.68. The van der Waals surface area contributed by atoms with Crippen molar-refractivity contribution in [2.24, 2.45) is 0 Å². The van der Waals surface area contributed by atoms with E-state index in [1.807, 2.05) is 0 Å². The topological polar surface area (TPSA) is 57.2 Å². The molecule has 2 rings (SSSR count). The Morgan fingerprint density at radius 2 is 2.18 bits per heavy atom. The van der Waals surface area contributed by atoms with E-state index in [-0.39, 0.29) is 0 Å². The Hall–Kier alpha value is -1.94. The molecule has 0 saturated heterocycles. The van der Waals surface area contributed by atoms with Crippen LogP contribution < -0.4 is 5.73 Å². The van der Waals surface area contributed by atoms with E-state index in [9.17, 15) is 4.79 Å². The molecule has 0 amide bonds. The van der Waals surface area contributed by atoms with E-state index >= 15 is 0 Å². The first kappa shape index (κ1) is 11.5. The largest absolute Gasteiger partial charge is 0.464 e. The molecule has 88 valence electrons. The average molecular weight is 251 g/mol. The third kappa shape index (κ3) is 2.12. The van der Waals surface area contributed by atoms with E-state index in [2.05, 4.69) is 0 Å². The first-order valence-electron chi connectivity index (χ1n) is 4.94. The molecule has 0 fully saturated rings. The number of nitrogen functional groups attached to an aromatic ring is 1. The number of hydrogen-bond donors (Lipinski definition) is 1. The zero-order chi connectivity index (χ0) is 12.4. The van der Waals surface area contributed by atoms with Crippen molar-refractivity contribution in [2.75, 3.05) is 12.8 Å². The van der Waals surface area contributed by atoms with Gasteiger partial charge in [0.25, 0.3) is 0 Å². The maximum absolute atomic E-state index is 11.5. The molecule has 0 aliphatic carbocycles. The second-order valence-electron chi connectivity index (χ2n) is 3.47. The van der Waals surface area contributed by atoms with Gasteiger partial charge < -0.3 is 15.0 Å². The summed E-state index contributed by atoms with van der Waals surface area (Å²) < 4.78 is 6.35. The molecule has 2 N–H and O–H groups in total. The van der Waals surface area contributed by atoms with Gasteiger partial charge in [-0.15, -0.1) is 0 Å². The van der Waals surface area contributed by atoms with Crippen LogP contribution in [-0.4, -0.2) is 17.6 Å². The Morgan fingerprint density at radius 1 is 1.41 bits per heavy atom. The van der Waals surface area contributed by atoms with Crippen molar-refractivity contribution in [2.45, 2.75) is 0 Å². The van der Waals surface area contributed by atoms with E-state index in [1.54, 1.807) is 41.1 Å². The molecule has 1 heterocycles. The Kier molecular flexibility index (Phi) is 3.06. The van der Waals surface area contributed by atoms with Crippen LogP contribution in [0.4, 0.5) is 5.69 Å². The van der Waals surface area contributed by atoms with Gasteiger partial charge in [0.1, 0.15) is 5.69 Å². The van der Waals surface area contributed by atoms with Gasteiger partial charge in [0.2, 0.25) is 0 Å². The number of methoxy groups -OCH3 is 1. The second kappa shape index (κ2) is 4.51. The molecule has 5 heteroatoms. The summed E-state index contributed by atoms with van der Waals surface area (Å²) in [5.41, 5.74) is 7.30. The Morgan fingerprint density at radius 3 is 2.82 bits per heavy atom. The van der Waals surface area contributed by atoms with Crippen LogP contribution in [0.5, 0.6) is 0 Å². The van der Waals surface area contributed by atoms with E-state index in [4.69, 9.17) is 22.1 Å². The highest BCUT2D eigenvalue weighted by Gasteiger charge is 2.13. The molecule has 4 nitrogen and oxygen atoms in total. The summed E-state index contributed by atoms with van der Waals surface area (Å²) in [7, 11) is 1.34. The molecule has 1 aromatic heterocycles. The summed E-state index contributed by atoms with van der Waals surface area (Å²) >= 11 is 6.09. The van der Waals surface area contributed by atoms with Crippen molar-refractivity contribution >= 4 is 23.3 Å². The predicted octanol–water partition coefficient (Wildman–Crippen LogP) is 2.50. The maximum Gasteiger partial charge on any atom is 0.355 e. The number of nitrogens with two attached hydrogens (primary N) is 1. The van der Waals surface area contributed by atoms with Gasteiger partial charge in [0, 0.05) is 11.9 Å². The molecular weight excluding hydrogens is 240 g/mol. The van der Waals surface area contributed by atoms with Crippen molar-refractivity contribution in [1.82, 2.24) is 4.57 Å². The highest BCUT2D eigenvalue weighted by molar-refractivity contribution is 6.32. The van der Waals surface area contributed by atoms with Crippen molar-refractivity contribution < 1.29 is 9.53 Å². The van der Waals surface area contributed by atoms with Crippen molar-refractivity contribution in [3.05, 3.63) is 47.2 Å². The summed E-state index contributed by atoms with van der Waals surface area (Å²) in [6, 6.07) is 8.53. The van der Waals surface area contributed by atoms with Crippen LogP contribution in [0.25, 0.3) is 5.69 Å². The van der Waals surface area contributed by atoms with Crippen molar-refractivity contribution in [3.63, 3.8) is 0 Å². The molecule has 0 bridgehead atoms. The molecular formula is C12H11ClN2O2. The molecule has 0 aliphatic rings. The van der Waals surface area contributed by atoms with Crippen LogP contribution in [0.3, 0.4) is 0 Å². The molecule has 0 unspecified atom stereocenters. The number of benzene rings is 1. The smallest absolute Gasteiger partial charge is 0.355 e. The standard InChI is InChI=1S/C12H11ClN2O2/c1-17-12(16)11-3-2-6-15(11)10-5-4-8(14)7-9(10)13/h2-7H,14H2,1H3. The highest BCUT2D eigenvalue weighted by atomic mass is 35.5. The molecule has 0 radical (unpaired) electrons. The van der Waals surface area contributed by atoms with Gasteiger partial charge in [-0.3, -0.25) is 0 Å². The lowest BCUT2D eigenvalue weighted by atomic mass is 10.2. The summed E-state index contributed by atoms with van der Waals surface area (Å²) in [6.07, 6.45) is 1.74.